The van der Waals surface area contributed by atoms with E-state index in [9.17, 15) is 0 Å². The molecule has 0 aliphatic carbocycles. The molecule has 420 valence electrons. The summed E-state index contributed by atoms with van der Waals surface area (Å²) < 4.78 is 19.7. The van der Waals surface area contributed by atoms with Gasteiger partial charge < -0.3 is 27.6 Å². The Morgan fingerprint density at radius 3 is 1.07 bits per heavy atom. The molecule has 0 fully saturated rings. The first-order valence-electron chi connectivity index (χ1n) is 31.4. The zero-order chi connectivity index (χ0) is 59.2. The second kappa shape index (κ2) is 18.3. The number of rotatable bonds is 6. The monoisotopic (exact) mass is 1160 g/mol. The highest BCUT2D eigenvalue weighted by atomic mass is 16.5. The Kier molecular flexibility index (Phi) is 9.83. The van der Waals surface area contributed by atoms with Gasteiger partial charge in [0.05, 0.1) is 49.7 Å². The summed E-state index contributed by atoms with van der Waals surface area (Å²) in [6, 6.07) is 112. The minimum absolute atomic E-state index is 0.169. The van der Waals surface area contributed by atoms with E-state index in [1.165, 1.54) is 97.9 Å². The Morgan fingerprint density at radius 2 is 0.593 bits per heavy atom. The first-order valence-corrected chi connectivity index (χ1v) is 31.4. The number of ether oxygens (including phenoxy) is 1. The Balaban J connectivity index is 0.851. The highest BCUT2D eigenvalue weighted by Gasteiger charge is 2.42. The summed E-state index contributed by atoms with van der Waals surface area (Å²) in [5.41, 5.74) is 25.5. The van der Waals surface area contributed by atoms with E-state index in [1.807, 2.05) is 0 Å². The van der Waals surface area contributed by atoms with Crippen molar-refractivity contribution in [2.45, 2.75) is 0 Å². The second-order valence-corrected chi connectivity index (χ2v) is 24.7. The summed E-state index contributed by atoms with van der Waals surface area (Å²) in [5, 5.41) is 12.2. The van der Waals surface area contributed by atoms with Crippen LogP contribution in [0.5, 0.6) is 11.5 Å². The molecule has 2 aliphatic rings. The maximum absolute atomic E-state index is 7.29. The lowest BCUT2D eigenvalue weighted by molar-refractivity contribution is 0.487. The number of fused-ring (bicyclic) bond motifs is 19. The minimum atomic E-state index is -0.169. The molecule has 14 aromatic carbocycles. The molecule has 0 unspecified atom stereocenters. The fourth-order valence-electron chi connectivity index (χ4n) is 16.3. The van der Waals surface area contributed by atoms with Crippen LogP contribution < -0.4 is 21.1 Å². The van der Waals surface area contributed by atoms with Crippen LogP contribution in [0.25, 0.3) is 160 Å². The van der Waals surface area contributed by atoms with E-state index in [4.69, 9.17) is 4.74 Å². The van der Waals surface area contributed by atoms with Gasteiger partial charge in [-0.15, -0.1) is 0 Å². The average molecular weight is 1160 g/mol. The van der Waals surface area contributed by atoms with Gasteiger partial charge in [0.25, 0.3) is 6.71 Å². The van der Waals surface area contributed by atoms with Crippen LogP contribution in [0.2, 0.25) is 0 Å². The lowest BCUT2D eigenvalue weighted by Gasteiger charge is -2.34. The molecule has 21 rings (SSSR count). The molecule has 91 heavy (non-hydrogen) atoms. The number of aromatic nitrogens is 5. The third-order valence-electron chi connectivity index (χ3n) is 20.1. The van der Waals surface area contributed by atoms with Gasteiger partial charge in [-0.05, 0) is 160 Å². The van der Waals surface area contributed by atoms with Crippen molar-refractivity contribution in [3.8, 4) is 62.2 Å². The fourth-order valence-corrected chi connectivity index (χ4v) is 16.3. The van der Waals surface area contributed by atoms with Gasteiger partial charge in [0.1, 0.15) is 11.5 Å². The molecular formula is C84H50BN5O. The maximum atomic E-state index is 7.29. The predicted molar refractivity (Wildman–Crippen MR) is 380 cm³/mol. The summed E-state index contributed by atoms with van der Waals surface area (Å²) >= 11 is 0. The first kappa shape index (κ1) is 49.0. The van der Waals surface area contributed by atoms with Gasteiger partial charge in [0, 0.05) is 87.8 Å². The molecule has 7 heterocycles. The van der Waals surface area contributed by atoms with Gasteiger partial charge in [-0.25, -0.2) is 0 Å². The van der Waals surface area contributed by atoms with Crippen LogP contribution in [0.4, 0.5) is 0 Å². The number of hydrogen-bond donors (Lipinski definition) is 0. The van der Waals surface area contributed by atoms with E-state index < -0.39 is 0 Å². The zero-order valence-corrected chi connectivity index (χ0v) is 49.1. The number of benzene rings is 14. The molecule has 6 nitrogen and oxygen atoms in total. The highest BCUT2D eigenvalue weighted by Crippen LogP contribution is 2.45. The molecule has 0 N–H and O–H groups in total. The average Bonchev–Trinajstić information content (AvgIpc) is 1.64. The minimum Gasteiger partial charge on any atom is -0.458 e. The van der Waals surface area contributed by atoms with Crippen molar-refractivity contribution < 1.29 is 4.74 Å². The smallest absolute Gasteiger partial charge is 0.256 e. The fraction of sp³-hybridized carbons (Fsp3) is 0. The van der Waals surface area contributed by atoms with Gasteiger partial charge in [-0.3, -0.25) is 0 Å². The van der Waals surface area contributed by atoms with Gasteiger partial charge >= 0.3 is 0 Å². The van der Waals surface area contributed by atoms with Crippen molar-refractivity contribution >= 4 is 132 Å². The Hall–Kier alpha value is -12.1. The van der Waals surface area contributed by atoms with Crippen molar-refractivity contribution in [3.63, 3.8) is 0 Å². The van der Waals surface area contributed by atoms with E-state index >= 15 is 0 Å². The van der Waals surface area contributed by atoms with Crippen LogP contribution >= 0.6 is 0 Å². The molecule has 0 amide bonds. The van der Waals surface area contributed by atoms with Crippen molar-refractivity contribution in [2.75, 3.05) is 0 Å². The molecule has 0 spiro atoms. The molecule has 0 saturated heterocycles. The first-order chi connectivity index (χ1) is 45.1. The number of nitrogens with zero attached hydrogens (tertiary/aromatic N) is 5. The normalized spacial score (nSPS) is 12.7. The van der Waals surface area contributed by atoms with Crippen molar-refractivity contribution in [1.82, 2.24) is 22.8 Å². The van der Waals surface area contributed by atoms with E-state index in [0.717, 1.165) is 89.7 Å². The summed E-state index contributed by atoms with van der Waals surface area (Å²) in [6.45, 7) is -0.169. The summed E-state index contributed by atoms with van der Waals surface area (Å²) in [4.78, 5) is 0. The third-order valence-corrected chi connectivity index (χ3v) is 20.1. The number of para-hydroxylation sites is 6. The zero-order valence-electron chi connectivity index (χ0n) is 49.1. The van der Waals surface area contributed by atoms with Crippen LogP contribution in [0.3, 0.4) is 0 Å². The number of hydrogen-bond acceptors (Lipinski definition) is 1. The van der Waals surface area contributed by atoms with Crippen molar-refractivity contribution in [2.24, 2.45) is 0 Å². The molecule has 0 radical (unpaired) electrons. The van der Waals surface area contributed by atoms with Gasteiger partial charge in [0.15, 0.2) is 0 Å². The molecule has 5 aromatic heterocycles. The molecule has 0 bridgehead atoms. The SMILES string of the molecule is c1ccc(-c2ccc3c(c2)B2c4c(cc(-c5ccccc5)cc4-n4c5ccc(-n6c7ccccc7c7cc(-n8c9ccccc9c9ccccc98)ccc76)cc5c5cc(-n6c7ccccc7c7cc(-n8c9ccccc9c9ccccc98)ccc76)cc2c54)O3)cc1. The topological polar surface area (TPSA) is 33.9 Å². The molecule has 2 aliphatic heterocycles. The van der Waals surface area contributed by atoms with Crippen LogP contribution in [0, 0.1) is 0 Å². The van der Waals surface area contributed by atoms with Crippen LogP contribution in [-0.4, -0.2) is 29.5 Å². The third kappa shape index (κ3) is 6.76. The molecule has 7 heteroatoms. The second-order valence-electron chi connectivity index (χ2n) is 24.7. The lowest BCUT2D eigenvalue weighted by atomic mass is 9.34. The lowest BCUT2D eigenvalue weighted by Crippen LogP contribution is -2.58. The molecule has 0 atom stereocenters. The van der Waals surface area contributed by atoms with Gasteiger partial charge in [-0.2, -0.15) is 0 Å². The van der Waals surface area contributed by atoms with E-state index in [2.05, 4.69) is 326 Å². The maximum Gasteiger partial charge on any atom is 0.256 e. The summed E-state index contributed by atoms with van der Waals surface area (Å²) in [7, 11) is 0. The van der Waals surface area contributed by atoms with Crippen molar-refractivity contribution in [3.05, 3.63) is 303 Å². The molecule has 0 saturated carbocycles. The Morgan fingerprint density at radius 1 is 0.220 bits per heavy atom. The summed E-state index contributed by atoms with van der Waals surface area (Å²) in [6.07, 6.45) is 0. The standard InChI is InChI=1S/C84H50BN5O/c1-3-19-51(20-4-1)53-35-42-81-69(43-53)85-70-50-58(89-76-34-18-12-28-64(76)66-47-56(37-40-78(66)89)87-73-31-15-9-25-61(73)62-26-10-16-32-74(62)87)49-68-67-48-57(38-41-79(67)90(84(68)70)80-44-54(45-82(91-81)83(80)85)52-21-5-2-6-22-52)88-75-33-17-11-27-63(75)65-46-55(36-39-77(65)88)86-71-29-13-7-23-59(71)60-24-8-14-30-72(60)86/h1-50H. The largest absolute Gasteiger partial charge is 0.458 e. The molecular weight excluding hydrogens is 1110 g/mol. The van der Waals surface area contributed by atoms with E-state index in [0.29, 0.717) is 0 Å². The van der Waals surface area contributed by atoms with Gasteiger partial charge in [-0.1, -0.05) is 182 Å². The predicted octanol–water partition coefficient (Wildman–Crippen LogP) is 19.4. The Labute approximate surface area is 522 Å². The summed E-state index contributed by atoms with van der Waals surface area (Å²) in [5.74, 6) is 1.75. The van der Waals surface area contributed by atoms with Crippen LogP contribution in [0.1, 0.15) is 0 Å². The molecule has 19 aromatic rings. The Bertz CT molecular complexity index is 6270. The van der Waals surface area contributed by atoms with Gasteiger partial charge in [0.2, 0.25) is 0 Å². The quantitative estimate of drug-likeness (QED) is 0.153. The van der Waals surface area contributed by atoms with Crippen LogP contribution in [0.15, 0.2) is 303 Å². The van der Waals surface area contributed by atoms with Crippen molar-refractivity contribution in [1.29, 1.82) is 0 Å². The van der Waals surface area contributed by atoms with Crippen LogP contribution in [-0.2, 0) is 0 Å². The van der Waals surface area contributed by atoms with E-state index in [-0.39, 0.29) is 6.71 Å². The van der Waals surface area contributed by atoms with E-state index in [1.54, 1.807) is 0 Å². The highest BCUT2D eigenvalue weighted by molar-refractivity contribution is 6.99.